The van der Waals surface area contributed by atoms with Crippen LogP contribution in [0.15, 0.2) is 23.3 Å². The van der Waals surface area contributed by atoms with E-state index in [0.717, 1.165) is 19.1 Å². The first-order valence-electron chi connectivity index (χ1n) is 6.75. The predicted molar refractivity (Wildman–Crippen MR) is 79.1 cm³/mol. The summed E-state index contributed by atoms with van der Waals surface area (Å²) in [5, 5.41) is 6.12. The third-order valence-electron chi connectivity index (χ3n) is 3.08. The van der Waals surface area contributed by atoms with Crippen molar-refractivity contribution in [3.8, 4) is 0 Å². The molecule has 1 aromatic rings. The Hall–Kier alpha value is -1.99. The number of hydrazone groups is 1. The van der Waals surface area contributed by atoms with Crippen molar-refractivity contribution in [3.05, 3.63) is 34.6 Å². The molecule has 8 heteroatoms. The van der Waals surface area contributed by atoms with E-state index in [1.54, 1.807) is 0 Å². The number of halogens is 2. The van der Waals surface area contributed by atoms with Crippen LogP contribution in [-0.4, -0.2) is 37.3 Å². The fourth-order valence-corrected chi connectivity index (χ4v) is 2.14. The molecule has 118 valence electrons. The van der Waals surface area contributed by atoms with E-state index in [4.69, 9.17) is 16.3 Å². The molecule has 0 aromatic heterocycles. The molecule has 1 heterocycles. The van der Waals surface area contributed by atoms with Crippen molar-refractivity contribution >= 4 is 29.6 Å². The van der Waals surface area contributed by atoms with Gasteiger partial charge in [0, 0.05) is 18.7 Å². The average Bonchev–Trinajstić information content (AvgIpc) is 3.01. The first-order valence-corrected chi connectivity index (χ1v) is 7.12. The Morgan fingerprint density at radius 3 is 2.95 bits per heavy atom. The molecule has 0 spiro atoms. The molecule has 1 aliphatic heterocycles. The number of benzene rings is 1. The number of hydrogen-bond acceptors (Lipinski definition) is 4. The van der Waals surface area contributed by atoms with E-state index >= 15 is 0 Å². The van der Waals surface area contributed by atoms with Crippen molar-refractivity contribution in [1.29, 1.82) is 0 Å². The molecule has 1 aromatic carbocycles. The fraction of sp³-hybridized carbons (Fsp3) is 0.357. The van der Waals surface area contributed by atoms with Gasteiger partial charge >= 0.3 is 11.8 Å². The Labute approximate surface area is 131 Å². The van der Waals surface area contributed by atoms with E-state index in [9.17, 15) is 14.0 Å². The van der Waals surface area contributed by atoms with Gasteiger partial charge in [0.25, 0.3) is 0 Å². The molecule has 0 saturated carbocycles. The molecule has 2 N–H and O–H groups in total. The highest BCUT2D eigenvalue weighted by Gasteiger charge is 2.19. The normalized spacial score (nSPS) is 17.6. The first kappa shape index (κ1) is 16.4. The molecule has 1 saturated heterocycles. The minimum Gasteiger partial charge on any atom is -0.376 e. The van der Waals surface area contributed by atoms with Crippen molar-refractivity contribution < 1.29 is 18.7 Å². The zero-order valence-corrected chi connectivity index (χ0v) is 12.4. The topological polar surface area (TPSA) is 79.8 Å². The smallest absolute Gasteiger partial charge is 0.329 e. The van der Waals surface area contributed by atoms with Crippen LogP contribution >= 0.6 is 11.6 Å². The Balaban J connectivity index is 1.81. The van der Waals surface area contributed by atoms with Crippen LogP contribution in [0.5, 0.6) is 0 Å². The summed E-state index contributed by atoms with van der Waals surface area (Å²) in [7, 11) is 0. The van der Waals surface area contributed by atoms with Gasteiger partial charge in [-0.2, -0.15) is 5.10 Å². The first-order chi connectivity index (χ1) is 10.6. The lowest BCUT2D eigenvalue weighted by Crippen LogP contribution is -2.41. The molecular formula is C14H15ClFN3O3. The van der Waals surface area contributed by atoms with Crippen molar-refractivity contribution in [2.45, 2.75) is 18.9 Å². The van der Waals surface area contributed by atoms with Crippen LogP contribution in [0.4, 0.5) is 4.39 Å². The van der Waals surface area contributed by atoms with Crippen LogP contribution in [0.2, 0.25) is 5.02 Å². The summed E-state index contributed by atoms with van der Waals surface area (Å²) < 4.78 is 18.8. The lowest BCUT2D eigenvalue weighted by atomic mass is 10.2. The molecular weight excluding hydrogens is 313 g/mol. The second-order valence-electron chi connectivity index (χ2n) is 4.68. The van der Waals surface area contributed by atoms with Crippen LogP contribution in [0.25, 0.3) is 0 Å². The molecule has 0 aliphatic carbocycles. The van der Waals surface area contributed by atoms with E-state index in [1.165, 1.54) is 18.2 Å². The average molecular weight is 328 g/mol. The third-order valence-corrected chi connectivity index (χ3v) is 3.41. The molecule has 2 amide bonds. The van der Waals surface area contributed by atoms with Crippen molar-refractivity contribution in [1.82, 2.24) is 10.7 Å². The Morgan fingerprint density at radius 1 is 1.45 bits per heavy atom. The molecule has 22 heavy (non-hydrogen) atoms. The number of carbonyl (C=O) groups is 2. The van der Waals surface area contributed by atoms with E-state index in [-0.39, 0.29) is 23.2 Å². The van der Waals surface area contributed by atoms with Crippen molar-refractivity contribution in [2.24, 2.45) is 5.10 Å². The van der Waals surface area contributed by atoms with Gasteiger partial charge in [-0.15, -0.1) is 0 Å². The summed E-state index contributed by atoms with van der Waals surface area (Å²) in [4.78, 5) is 23.0. The van der Waals surface area contributed by atoms with Crippen molar-refractivity contribution in [3.63, 3.8) is 0 Å². The number of nitrogens with one attached hydrogen (secondary N) is 2. The van der Waals surface area contributed by atoms with Gasteiger partial charge in [0.15, 0.2) is 0 Å². The zero-order chi connectivity index (χ0) is 15.9. The van der Waals surface area contributed by atoms with Crippen LogP contribution in [0, 0.1) is 5.82 Å². The largest absolute Gasteiger partial charge is 0.376 e. The van der Waals surface area contributed by atoms with Gasteiger partial charge in [-0.25, -0.2) is 9.82 Å². The molecule has 0 bridgehead atoms. The predicted octanol–water partition coefficient (Wildman–Crippen LogP) is 1.22. The summed E-state index contributed by atoms with van der Waals surface area (Å²) in [5.74, 6) is -2.35. The SMILES string of the molecule is O=C(NC[C@@H]1CCCO1)C(=O)N/N=C\c1c(F)cccc1Cl. The van der Waals surface area contributed by atoms with E-state index < -0.39 is 17.6 Å². The number of ether oxygens (including phenoxy) is 1. The van der Waals surface area contributed by atoms with E-state index in [2.05, 4.69) is 10.4 Å². The summed E-state index contributed by atoms with van der Waals surface area (Å²) in [6.07, 6.45) is 2.78. The van der Waals surface area contributed by atoms with E-state index in [0.29, 0.717) is 6.61 Å². The zero-order valence-electron chi connectivity index (χ0n) is 11.6. The number of hydrogen-bond donors (Lipinski definition) is 2. The lowest BCUT2D eigenvalue weighted by Gasteiger charge is -2.09. The lowest BCUT2D eigenvalue weighted by molar-refractivity contribution is -0.139. The highest BCUT2D eigenvalue weighted by molar-refractivity contribution is 6.35. The van der Waals surface area contributed by atoms with Gasteiger partial charge in [0.2, 0.25) is 0 Å². The molecule has 1 atom stereocenters. The second kappa shape index (κ2) is 7.86. The Morgan fingerprint density at radius 2 is 2.27 bits per heavy atom. The summed E-state index contributed by atoms with van der Waals surface area (Å²) >= 11 is 5.79. The van der Waals surface area contributed by atoms with Gasteiger partial charge in [-0.05, 0) is 25.0 Å². The molecule has 0 unspecified atom stereocenters. The van der Waals surface area contributed by atoms with Crippen LogP contribution in [0.1, 0.15) is 18.4 Å². The monoisotopic (exact) mass is 327 g/mol. The van der Waals surface area contributed by atoms with Crippen LogP contribution in [0.3, 0.4) is 0 Å². The maximum atomic E-state index is 13.4. The maximum absolute atomic E-state index is 13.4. The van der Waals surface area contributed by atoms with Crippen LogP contribution < -0.4 is 10.7 Å². The minimum absolute atomic E-state index is 0.0317. The third kappa shape index (κ3) is 4.51. The van der Waals surface area contributed by atoms with Gasteiger partial charge in [0.05, 0.1) is 17.3 Å². The summed E-state index contributed by atoms with van der Waals surface area (Å²) in [6, 6.07) is 4.15. The molecule has 1 fully saturated rings. The number of amides is 2. The summed E-state index contributed by atoms with van der Waals surface area (Å²) in [6.45, 7) is 0.940. The van der Waals surface area contributed by atoms with Gasteiger partial charge < -0.3 is 10.1 Å². The summed E-state index contributed by atoms with van der Waals surface area (Å²) in [5.41, 5.74) is 2.04. The van der Waals surface area contributed by atoms with E-state index in [1.807, 2.05) is 5.43 Å². The van der Waals surface area contributed by atoms with Gasteiger partial charge in [0.1, 0.15) is 5.82 Å². The Bertz CT molecular complexity index is 568. The molecule has 2 rings (SSSR count). The number of carbonyl (C=O) groups excluding carboxylic acids is 2. The standard InChI is InChI=1S/C14H15ClFN3O3/c15-11-4-1-5-12(16)10(11)8-18-19-14(21)13(20)17-7-9-3-2-6-22-9/h1,4-5,8-9H,2-3,6-7H2,(H,17,20)(H,19,21)/b18-8-/t9-/m0/s1. The fourth-order valence-electron chi connectivity index (χ4n) is 1.93. The van der Waals surface area contributed by atoms with Crippen molar-refractivity contribution in [2.75, 3.05) is 13.2 Å². The van der Waals surface area contributed by atoms with Crippen LogP contribution in [-0.2, 0) is 14.3 Å². The highest BCUT2D eigenvalue weighted by Crippen LogP contribution is 2.16. The highest BCUT2D eigenvalue weighted by atomic mass is 35.5. The second-order valence-corrected chi connectivity index (χ2v) is 5.09. The quantitative estimate of drug-likeness (QED) is 0.496. The molecule has 6 nitrogen and oxygen atoms in total. The Kier molecular flexibility index (Phi) is 5.85. The minimum atomic E-state index is -0.943. The number of nitrogens with zero attached hydrogens (tertiary/aromatic N) is 1. The molecule has 0 radical (unpaired) electrons. The van der Waals surface area contributed by atoms with Gasteiger partial charge in [-0.1, -0.05) is 17.7 Å². The maximum Gasteiger partial charge on any atom is 0.329 e. The number of rotatable bonds is 4. The molecule has 1 aliphatic rings. The van der Waals surface area contributed by atoms with Gasteiger partial charge in [-0.3, -0.25) is 9.59 Å².